The Labute approximate surface area is 173 Å². The second-order valence-corrected chi connectivity index (χ2v) is 9.66. The van der Waals surface area contributed by atoms with Gasteiger partial charge in [-0.2, -0.15) is 4.31 Å². The molecule has 3 N–H and O–H groups in total. The van der Waals surface area contributed by atoms with Crippen molar-refractivity contribution in [2.45, 2.75) is 51.0 Å². The maximum Gasteiger partial charge on any atom is 0.279 e. The van der Waals surface area contributed by atoms with E-state index in [0.717, 1.165) is 24.2 Å². The number of amides is 2. The molecule has 8 nitrogen and oxygen atoms in total. The van der Waals surface area contributed by atoms with Crippen LogP contribution in [0.3, 0.4) is 0 Å². The number of rotatable bonds is 9. The van der Waals surface area contributed by atoms with Gasteiger partial charge in [0.1, 0.15) is 0 Å². The van der Waals surface area contributed by atoms with Crippen LogP contribution in [0.2, 0.25) is 0 Å². The molecule has 0 radical (unpaired) electrons. The van der Waals surface area contributed by atoms with E-state index in [9.17, 15) is 18.0 Å². The summed E-state index contributed by atoms with van der Waals surface area (Å²) in [4.78, 5) is 25.4. The number of piperidine rings is 1. The Bertz CT molecular complexity index is 804. The van der Waals surface area contributed by atoms with E-state index < -0.39 is 10.0 Å². The number of hydrogen-bond acceptors (Lipinski definition) is 4. The van der Waals surface area contributed by atoms with E-state index >= 15 is 0 Å². The first-order valence-corrected chi connectivity index (χ1v) is 11.7. The van der Waals surface area contributed by atoms with Gasteiger partial charge in [-0.1, -0.05) is 12.5 Å². The Morgan fingerprint density at radius 2 is 1.76 bits per heavy atom. The molecule has 2 amide bonds. The number of sulfonamides is 1. The standard InChI is InChI=1S/C20H32N4O4S/c1-4-23(14-19(25)21-16(2)3)15-20(26)22-17-9-8-10-18(13-17)29(27,28)24-11-6-5-7-12-24/h8-10,13,16H,4-7,11-12,14-15H2,1-3H3,(H,21,25)(H,22,26)/p+1. The lowest BCUT2D eigenvalue weighted by Gasteiger charge is -2.26. The Hall–Kier alpha value is -1.97. The number of carbonyl (C=O) groups excluding carboxylic acids is 2. The summed E-state index contributed by atoms with van der Waals surface area (Å²) in [6.07, 6.45) is 2.79. The van der Waals surface area contributed by atoms with Crippen molar-refractivity contribution in [1.82, 2.24) is 9.62 Å². The third-order valence-electron chi connectivity index (χ3n) is 4.84. The smallest absolute Gasteiger partial charge is 0.279 e. The average molecular weight is 426 g/mol. The summed E-state index contributed by atoms with van der Waals surface area (Å²) in [5, 5.41) is 5.58. The Morgan fingerprint density at radius 3 is 2.38 bits per heavy atom. The molecule has 162 valence electrons. The number of likely N-dealkylation sites (N-methyl/N-ethyl adjacent to an activating group) is 1. The molecule has 0 saturated carbocycles. The topological polar surface area (TPSA) is 100 Å². The van der Waals surface area contributed by atoms with Crippen LogP contribution >= 0.6 is 0 Å². The molecule has 9 heteroatoms. The van der Waals surface area contributed by atoms with Crippen LogP contribution < -0.4 is 15.5 Å². The molecule has 0 aromatic heterocycles. The Balaban J connectivity index is 2.00. The number of carbonyl (C=O) groups is 2. The lowest BCUT2D eigenvalue weighted by atomic mass is 10.2. The van der Waals surface area contributed by atoms with Gasteiger partial charge in [-0.15, -0.1) is 0 Å². The fourth-order valence-corrected chi connectivity index (χ4v) is 4.90. The normalized spacial score (nSPS) is 16.4. The van der Waals surface area contributed by atoms with Crippen molar-refractivity contribution in [2.75, 3.05) is 38.0 Å². The van der Waals surface area contributed by atoms with Crippen LogP contribution in [0.1, 0.15) is 40.0 Å². The second-order valence-electron chi connectivity index (χ2n) is 7.72. The highest BCUT2D eigenvalue weighted by Crippen LogP contribution is 2.22. The molecule has 1 saturated heterocycles. The molecule has 1 unspecified atom stereocenters. The zero-order valence-corrected chi connectivity index (χ0v) is 18.3. The van der Waals surface area contributed by atoms with E-state index in [-0.39, 0.29) is 35.8 Å². The summed E-state index contributed by atoms with van der Waals surface area (Å²) in [5.41, 5.74) is 0.440. The summed E-state index contributed by atoms with van der Waals surface area (Å²) in [5.74, 6) is -0.356. The average Bonchev–Trinajstić information content (AvgIpc) is 2.67. The number of benzene rings is 1. The van der Waals surface area contributed by atoms with Crippen molar-refractivity contribution < 1.29 is 22.9 Å². The first-order chi connectivity index (χ1) is 13.7. The fraction of sp³-hybridized carbons (Fsp3) is 0.600. The van der Waals surface area contributed by atoms with Gasteiger partial charge in [-0.25, -0.2) is 8.42 Å². The van der Waals surface area contributed by atoms with Crippen molar-refractivity contribution in [1.29, 1.82) is 0 Å². The molecule has 2 rings (SSSR count). The summed E-state index contributed by atoms with van der Waals surface area (Å²) < 4.78 is 27.2. The first-order valence-electron chi connectivity index (χ1n) is 10.3. The minimum atomic E-state index is -3.55. The molecule has 1 aromatic rings. The minimum absolute atomic E-state index is 0.0547. The second kappa shape index (κ2) is 10.7. The van der Waals surface area contributed by atoms with E-state index in [1.165, 1.54) is 10.4 Å². The summed E-state index contributed by atoms with van der Waals surface area (Å²) in [6.45, 7) is 7.73. The highest BCUT2D eigenvalue weighted by atomic mass is 32.2. The molecule has 1 atom stereocenters. The van der Waals surface area contributed by atoms with Crippen LogP contribution in [0, 0.1) is 0 Å². The molecule has 0 aliphatic carbocycles. The highest BCUT2D eigenvalue weighted by Gasteiger charge is 2.26. The molecule has 1 aliphatic rings. The molecule has 0 spiro atoms. The number of nitrogens with zero attached hydrogens (tertiary/aromatic N) is 1. The van der Waals surface area contributed by atoms with Gasteiger partial charge >= 0.3 is 0 Å². The molecule has 1 aliphatic heterocycles. The van der Waals surface area contributed by atoms with Crippen LogP contribution in [0.5, 0.6) is 0 Å². The molecule has 1 aromatic carbocycles. The van der Waals surface area contributed by atoms with Crippen LogP contribution in [0.4, 0.5) is 5.69 Å². The summed E-state index contributed by atoms with van der Waals surface area (Å²) in [7, 11) is -3.55. The van der Waals surface area contributed by atoms with Crippen molar-refractivity contribution in [3.63, 3.8) is 0 Å². The molecule has 1 heterocycles. The van der Waals surface area contributed by atoms with Gasteiger partial charge in [0, 0.05) is 24.8 Å². The van der Waals surface area contributed by atoms with Crippen LogP contribution in [-0.2, 0) is 19.6 Å². The molecule has 1 fully saturated rings. The zero-order valence-electron chi connectivity index (χ0n) is 17.5. The van der Waals surface area contributed by atoms with E-state index in [1.807, 2.05) is 20.8 Å². The maximum absolute atomic E-state index is 12.8. The van der Waals surface area contributed by atoms with Crippen molar-refractivity contribution >= 4 is 27.5 Å². The van der Waals surface area contributed by atoms with E-state index in [4.69, 9.17) is 0 Å². The van der Waals surface area contributed by atoms with Gasteiger partial charge in [-0.3, -0.25) is 9.59 Å². The molecule has 0 bridgehead atoms. The third-order valence-corrected chi connectivity index (χ3v) is 6.74. The molecular formula is C20H33N4O4S+. The lowest BCUT2D eigenvalue weighted by molar-refractivity contribution is -0.881. The quantitative estimate of drug-likeness (QED) is 0.527. The highest BCUT2D eigenvalue weighted by molar-refractivity contribution is 7.89. The SMILES string of the molecule is CC[NH+](CC(=O)Nc1cccc(S(=O)(=O)N2CCCCC2)c1)CC(=O)NC(C)C. The number of nitrogens with one attached hydrogen (secondary N) is 3. The number of hydrogen-bond donors (Lipinski definition) is 3. The third kappa shape index (κ3) is 7.09. The van der Waals surface area contributed by atoms with Gasteiger partial charge in [0.15, 0.2) is 13.1 Å². The maximum atomic E-state index is 12.8. The van der Waals surface area contributed by atoms with Gasteiger partial charge in [0.2, 0.25) is 10.0 Å². The predicted molar refractivity (Wildman–Crippen MR) is 112 cm³/mol. The van der Waals surface area contributed by atoms with E-state index in [1.54, 1.807) is 18.2 Å². The largest absolute Gasteiger partial charge is 0.349 e. The Kier molecular flexibility index (Phi) is 8.60. The van der Waals surface area contributed by atoms with Crippen LogP contribution in [0.25, 0.3) is 0 Å². The number of anilines is 1. The zero-order chi connectivity index (χ0) is 21.4. The van der Waals surface area contributed by atoms with Crippen LogP contribution in [-0.4, -0.2) is 63.3 Å². The van der Waals surface area contributed by atoms with Crippen LogP contribution in [0.15, 0.2) is 29.2 Å². The predicted octanol–water partition coefficient (Wildman–Crippen LogP) is 0.229. The van der Waals surface area contributed by atoms with Crippen molar-refractivity contribution in [3.05, 3.63) is 24.3 Å². The Morgan fingerprint density at radius 1 is 1.10 bits per heavy atom. The number of quaternary nitrogens is 1. The van der Waals surface area contributed by atoms with Gasteiger partial charge in [0.25, 0.3) is 11.8 Å². The van der Waals surface area contributed by atoms with Gasteiger partial charge in [0.05, 0.1) is 11.4 Å². The fourth-order valence-electron chi connectivity index (χ4n) is 3.33. The van der Waals surface area contributed by atoms with Crippen molar-refractivity contribution in [3.8, 4) is 0 Å². The van der Waals surface area contributed by atoms with E-state index in [2.05, 4.69) is 10.6 Å². The summed E-state index contributed by atoms with van der Waals surface area (Å²) in [6, 6.07) is 6.41. The van der Waals surface area contributed by atoms with Crippen molar-refractivity contribution in [2.24, 2.45) is 0 Å². The monoisotopic (exact) mass is 425 g/mol. The van der Waals surface area contributed by atoms with Gasteiger partial charge < -0.3 is 15.5 Å². The van der Waals surface area contributed by atoms with Gasteiger partial charge in [-0.05, 0) is 51.8 Å². The first kappa shape index (κ1) is 23.3. The van der Waals surface area contributed by atoms with E-state index in [0.29, 0.717) is 25.3 Å². The lowest BCUT2D eigenvalue weighted by Crippen LogP contribution is -3.14. The molecule has 29 heavy (non-hydrogen) atoms. The molecular weight excluding hydrogens is 392 g/mol. The summed E-state index contributed by atoms with van der Waals surface area (Å²) >= 11 is 0. The minimum Gasteiger partial charge on any atom is -0.349 e.